The van der Waals surface area contributed by atoms with Gasteiger partial charge in [0.2, 0.25) is 0 Å². The van der Waals surface area contributed by atoms with Gasteiger partial charge in [-0.1, -0.05) is 58.4 Å². The Kier molecular flexibility index (Phi) is 13.1. The molecule has 0 fully saturated rings. The largest absolute Gasteiger partial charge is 0.504 e. The highest BCUT2D eigenvalue weighted by molar-refractivity contribution is 5.59. The van der Waals surface area contributed by atoms with Crippen molar-refractivity contribution in [3.05, 3.63) is 41.5 Å². The van der Waals surface area contributed by atoms with Gasteiger partial charge in [0.15, 0.2) is 17.2 Å². The van der Waals surface area contributed by atoms with Crippen LogP contribution in [0.25, 0.3) is 0 Å². The standard InChI is InChI=1S/C20H35NO.C7H8O3/c1-5-7-9-10-11-12-16-22-20-14-13-18(3)17-19(20)21(4)15-8-6-2;1-4-2-5(8)7(10)6(9)3-4/h13-14,17H,5-12,15-16H2,1-4H3;2-3,8-10H,1H3. The number of aromatic hydroxyl groups is 3. The minimum absolute atomic E-state index is 0.294. The van der Waals surface area contributed by atoms with Crippen LogP contribution in [0.2, 0.25) is 0 Å². The molecule has 0 atom stereocenters. The predicted molar refractivity (Wildman–Crippen MR) is 134 cm³/mol. The average molecular weight is 446 g/mol. The van der Waals surface area contributed by atoms with Crippen molar-refractivity contribution in [2.45, 2.75) is 79.1 Å². The van der Waals surface area contributed by atoms with Gasteiger partial charge in [-0.25, -0.2) is 0 Å². The second-order valence-electron chi connectivity index (χ2n) is 8.51. The Morgan fingerprint density at radius 1 is 0.750 bits per heavy atom. The Labute approximate surface area is 194 Å². The van der Waals surface area contributed by atoms with E-state index in [-0.39, 0.29) is 11.5 Å². The molecule has 5 nitrogen and oxygen atoms in total. The number of aryl methyl sites for hydroxylation is 2. The van der Waals surface area contributed by atoms with E-state index in [1.54, 1.807) is 6.92 Å². The van der Waals surface area contributed by atoms with Crippen molar-refractivity contribution in [2.24, 2.45) is 0 Å². The topological polar surface area (TPSA) is 73.2 Å². The third kappa shape index (κ3) is 10.2. The molecule has 0 heterocycles. The van der Waals surface area contributed by atoms with Crippen LogP contribution in [0.15, 0.2) is 30.3 Å². The van der Waals surface area contributed by atoms with Crippen LogP contribution in [0.1, 0.15) is 76.3 Å². The summed E-state index contributed by atoms with van der Waals surface area (Å²) in [5.41, 5.74) is 3.23. The van der Waals surface area contributed by atoms with Gasteiger partial charge in [0, 0.05) is 13.6 Å². The van der Waals surface area contributed by atoms with Gasteiger partial charge in [0.05, 0.1) is 12.3 Å². The molecule has 0 aliphatic rings. The van der Waals surface area contributed by atoms with E-state index in [1.807, 2.05) is 0 Å². The molecule has 180 valence electrons. The Balaban J connectivity index is 0.000000425. The molecule has 3 N–H and O–H groups in total. The molecule has 0 amide bonds. The molecule has 2 aromatic carbocycles. The van der Waals surface area contributed by atoms with E-state index in [0.29, 0.717) is 5.56 Å². The quantitative estimate of drug-likeness (QED) is 0.240. The molecule has 5 heteroatoms. The first-order valence-electron chi connectivity index (χ1n) is 12.0. The maximum Gasteiger partial charge on any atom is 0.200 e. The van der Waals surface area contributed by atoms with Gasteiger partial charge in [-0.2, -0.15) is 0 Å². The summed E-state index contributed by atoms with van der Waals surface area (Å²) >= 11 is 0. The fourth-order valence-electron chi connectivity index (χ4n) is 3.37. The molecular formula is C27H43NO4. The number of phenolic OH excluding ortho intramolecular Hbond substituents is 3. The Bertz CT molecular complexity index is 768. The number of rotatable bonds is 12. The summed E-state index contributed by atoms with van der Waals surface area (Å²) in [4.78, 5) is 2.33. The summed E-state index contributed by atoms with van der Waals surface area (Å²) in [5, 5.41) is 26.6. The second-order valence-corrected chi connectivity index (χ2v) is 8.51. The van der Waals surface area contributed by atoms with Crippen LogP contribution in [-0.2, 0) is 0 Å². The second kappa shape index (κ2) is 15.3. The third-order valence-electron chi connectivity index (χ3n) is 5.34. The fraction of sp³-hybridized carbons (Fsp3) is 0.556. The Morgan fingerprint density at radius 3 is 1.97 bits per heavy atom. The molecule has 2 aromatic rings. The number of nitrogens with zero attached hydrogens (tertiary/aromatic N) is 1. The lowest BCUT2D eigenvalue weighted by molar-refractivity contribution is 0.304. The summed E-state index contributed by atoms with van der Waals surface area (Å²) in [5.74, 6) is -0.0154. The van der Waals surface area contributed by atoms with Crippen molar-refractivity contribution in [3.63, 3.8) is 0 Å². The third-order valence-corrected chi connectivity index (χ3v) is 5.34. The number of benzene rings is 2. The van der Waals surface area contributed by atoms with Crippen LogP contribution in [0.5, 0.6) is 23.0 Å². The number of ether oxygens (including phenoxy) is 1. The van der Waals surface area contributed by atoms with E-state index >= 15 is 0 Å². The number of hydrogen-bond acceptors (Lipinski definition) is 5. The lowest BCUT2D eigenvalue weighted by Crippen LogP contribution is -2.19. The smallest absolute Gasteiger partial charge is 0.200 e. The predicted octanol–water partition coefficient (Wildman–Crippen LogP) is 7.08. The summed E-state index contributed by atoms with van der Waals surface area (Å²) in [6, 6.07) is 9.26. The van der Waals surface area contributed by atoms with E-state index in [4.69, 9.17) is 20.1 Å². The van der Waals surface area contributed by atoms with E-state index < -0.39 is 5.75 Å². The Morgan fingerprint density at radius 2 is 1.34 bits per heavy atom. The zero-order chi connectivity index (χ0) is 23.9. The molecule has 32 heavy (non-hydrogen) atoms. The van der Waals surface area contributed by atoms with Crippen LogP contribution in [-0.4, -0.2) is 35.5 Å². The molecule has 0 saturated heterocycles. The van der Waals surface area contributed by atoms with Gasteiger partial charge in [-0.15, -0.1) is 0 Å². The van der Waals surface area contributed by atoms with Gasteiger partial charge in [0.1, 0.15) is 5.75 Å². The SMILES string of the molecule is CCCCCCCCOc1ccc(C)cc1N(C)CCCC.Cc1cc(O)c(O)c(O)c1. The fourth-order valence-corrected chi connectivity index (χ4v) is 3.37. The van der Waals surface area contributed by atoms with Crippen LogP contribution < -0.4 is 9.64 Å². The molecule has 0 unspecified atom stereocenters. The minimum atomic E-state index is -0.467. The van der Waals surface area contributed by atoms with Gasteiger partial charge in [-0.3, -0.25) is 0 Å². The summed E-state index contributed by atoms with van der Waals surface area (Å²) in [6.07, 6.45) is 10.3. The van der Waals surface area contributed by atoms with Crippen molar-refractivity contribution >= 4 is 5.69 Å². The average Bonchev–Trinajstić information content (AvgIpc) is 2.76. The highest BCUT2D eigenvalue weighted by Crippen LogP contribution is 2.34. The molecule has 0 spiro atoms. The first-order chi connectivity index (χ1) is 15.3. The van der Waals surface area contributed by atoms with Crippen molar-refractivity contribution in [2.75, 3.05) is 25.1 Å². The van der Waals surface area contributed by atoms with E-state index in [2.05, 4.69) is 50.9 Å². The van der Waals surface area contributed by atoms with Crippen LogP contribution in [0.4, 0.5) is 5.69 Å². The first-order valence-corrected chi connectivity index (χ1v) is 12.0. The van der Waals surface area contributed by atoms with Gasteiger partial charge in [0.25, 0.3) is 0 Å². The zero-order valence-corrected chi connectivity index (χ0v) is 20.7. The maximum absolute atomic E-state index is 8.87. The molecule has 0 bridgehead atoms. The molecule has 0 aliphatic carbocycles. The molecule has 0 saturated carbocycles. The molecule has 0 aliphatic heterocycles. The number of unbranched alkanes of at least 4 members (excludes halogenated alkanes) is 6. The Hall–Kier alpha value is -2.56. The number of phenols is 3. The van der Waals surface area contributed by atoms with Crippen LogP contribution in [0, 0.1) is 13.8 Å². The van der Waals surface area contributed by atoms with Crippen LogP contribution in [0.3, 0.4) is 0 Å². The molecule has 0 aromatic heterocycles. The van der Waals surface area contributed by atoms with Gasteiger partial charge >= 0.3 is 0 Å². The summed E-state index contributed by atoms with van der Waals surface area (Å²) in [6.45, 7) is 10.3. The summed E-state index contributed by atoms with van der Waals surface area (Å²) < 4.78 is 6.06. The van der Waals surface area contributed by atoms with Crippen molar-refractivity contribution in [3.8, 4) is 23.0 Å². The van der Waals surface area contributed by atoms with Crippen molar-refractivity contribution < 1.29 is 20.1 Å². The molecule has 0 radical (unpaired) electrons. The minimum Gasteiger partial charge on any atom is -0.504 e. The normalized spacial score (nSPS) is 10.4. The van der Waals surface area contributed by atoms with Crippen molar-refractivity contribution in [1.29, 1.82) is 0 Å². The van der Waals surface area contributed by atoms with Gasteiger partial charge < -0.3 is 25.0 Å². The number of hydrogen-bond donors (Lipinski definition) is 3. The highest BCUT2D eigenvalue weighted by atomic mass is 16.5. The van der Waals surface area contributed by atoms with E-state index in [1.165, 1.54) is 68.3 Å². The number of anilines is 1. The molecule has 2 rings (SSSR count). The highest BCUT2D eigenvalue weighted by Gasteiger charge is 2.09. The maximum atomic E-state index is 8.87. The van der Waals surface area contributed by atoms with E-state index in [0.717, 1.165) is 25.3 Å². The monoisotopic (exact) mass is 445 g/mol. The van der Waals surface area contributed by atoms with E-state index in [9.17, 15) is 0 Å². The lowest BCUT2D eigenvalue weighted by Gasteiger charge is -2.23. The first kappa shape index (κ1) is 27.5. The summed E-state index contributed by atoms with van der Waals surface area (Å²) in [7, 11) is 2.17. The van der Waals surface area contributed by atoms with Crippen molar-refractivity contribution in [1.82, 2.24) is 0 Å². The van der Waals surface area contributed by atoms with Gasteiger partial charge in [-0.05, 0) is 62.1 Å². The lowest BCUT2D eigenvalue weighted by atomic mass is 10.1. The molecular weight excluding hydrogens is 402 g/mol. The van der Waals surface area contributed by atoms with Crippen LogP contribution >= 0.6 is 0 Å². The zero-order valence-electron chi connectivity index (χ0n) is 20.7.